The van der Waals surface area contributed by atoms with Crippen LogP contribution in [0.3, 0.4) is 0 Å². The molecule has 0 aliphatic rings. The fourth-order valence-electron chi connectivity index (χ4n) is 2.20. The normalized spacial score (nSPS) is 10.4. The molecule has 0 bridgehead atoms. The number of rotatable bonds is 8. The molecule has 142 valence electrons. The summed E-state index contributed by atoms with van der Waals surface area (Å²) in [5.41, 5.74) is 4.49. The number of thiocarbonyl (C=S) groups is 1. The Balaban J connectivity index is 2.03. The van der Waals surface area contributed by atoms with Gasteiger partial charge in [0, 0.05) is 6.54 Å². The van der Waals surface area contributed by atoms with E-state index in [2.05, 4.69) is 15.8 Å². The van der Waals surface area contributed by atoms with Gasteiger partial charge in [0.15, 0.2) is 16.6 Å². The van der Waals surface area contributed by atoms with Crippen molar-refractivity contribution in [2.75, 3.05) is 13.7 Å². The molecule has 0 saturated carbocycles. The van der Waals surface area contributed by atoms with Gasteiger partial charge < -0.3 is 19.9 Å². The van der Waals surface area contributed by atoms with Gasteiger partial charge in [0.05, 0.1) is 18.9 Å². The van der Waals surface area contributed by atoms with Crippen LogP contribution in [-0.2, 0) is 6.61 Å². The van der Waals surface area contributed by atoms with Crippen molar-refractivity contribution in [1.82, 2.24) is 10.7 Å². The number of carbonyl (C=O) groups is 1. The SMILES string of the molecule is CCNC(=S)NN=Cc1ccc(OCc2cccc(C(=O)O)c2)c(OC)c1. The van der Waals surface area contributed by atoms with Crippen molar-refractivity contribution in [1.29, 1.82) is 0 Å². The predicted molar refractivity (Wildman–Crippen MR) is 108 cm³/mol. The second-order valence-electron chi connectivity index (χ2n) is 5.43. The second-order valence-corrected chi connectivity index (χ2v) is 5.84. The third kappa shape index (κ3) is 6.27. The van der Waals surface area contributed by atoms with Crippen LogP contribution in [0.25, 0.3) is 0 Å². The molecule has 2 aromatic rings. The summed E-state index contributed by atoms with van der Waals surface area (Å²) in [6, 6.07) is 12.0. The molecule has 0 saturated heterocycles. The zero-order valence-corrected chi connectivity index (χ0v) is 15.9. The van der Waals surface area contributed by atoms with Crippen molar-refractivity contribution in [2.45, 2.75) is 13.5 Å². The molecule has 27 heavy (non-hydrogen) atoms. The smallest absolute Gasteiger partial charge is 0.335 e. The van der Waals surface area contributed by atoms with E-state index >= 15 is 0 Å². The Morgan fingerprint density at radius 2 is 2.07 bits per heavy atom. The van der Waals surface area contributed by atoms with Crippen molar-refractivity contribution in [3.05, 3.63) is 59.2 Å². The van der Waals surface area contributed by atoms with Crippen molar-refractivity contribution in [2.24, 2.45) is 5.10 Å². The van der Waals surface area contributed by atoms with E-state index < -0.39 is 5.97 Å². The molecule has 0 radical (unpaired) electrons. The van der Waals surface area contributed by atoms with Gasteiger partial charge in [-0.3, -0.25) is 5.43 Å². The van der Waals surface area contributed by atoms with E-state index in [0.717, 1.165) is 17.7 Å². The van der Waals surface area contributed by atoms with Crippen molar-refractivity contribution in [3.8, 4) is 11.5 Å². The Morgan fingerprint density at radius 1 is 1.26 bits per heavy atom. The van der Waals surface area contributed by atoms with Crippen LogP contribution in [0.2, 0.25) is 0 Å². The van der Waals surface area contributed by atoms with Gasteiger partial charge in [0.2, 0.25) is 0 Å². The number of aromatic carboxylic acids is 1. The number of nitrogens with one attached hydrogen (secondary N) is 2. The largest absolute Gasteiger partial charge is 0.493 e. The molecule has 7 nitrogen and oxygen atoms in total. The molecule has 0 aliphatic carbocycles. The van der Waals surface area contributed by atoms with Gasteiger partial charge in [-0.1, -0.05) is 12.1 Å². The van der Waals surface area contributed by atoms with Gasteiger partial charge in [-0.05, 0) is 60.6 Å². The van der Waals surface area contributed by atoms with Crippen LogP contribution in [0.15, 0.2) is 47.6 Å². The maximum absolute atomic E-state index is 11.0. The molecular weight excluding hydrogens is 366 g/mol. The number of hydrazone groups is 1. The molecule has 2 aromatic carbocycles. The van der Waals surface area contributed by atoms with Crippen molar-refractivity contribution < 1.29 is 19.4 Å². The molecule has 0 spiro atoms. The zero-order chi connectivity index (χ0) is 19.6. The van der Waals surface area contributed by atoms with Crippen molar-refractivity contribution in [3.63, 3.8) is 0 Å². The molecule has 0 fully saturated rings. The number of hydrogen-bond donors (Lipinski definition) is 3. The molecule has 0 heterocycles. The minimum atomic E-state index is -0.972. The summed E-state index contributed by atoms with van der Waals surface area (Å²) in [6.07, 6.45) is 1.62. The Morgan fingerprint density at radius 3 is 2.78 bits per heavy atom. The van der Waals surface area contributed by atoms with E-state index in [1.54, 1.807) is 43.7 Å². The lowest BCUT2D eigenvalue weighted by molar-refractivity contribution is 0.0696. The van der Waals surface area contributed by atoms with Crippen LogP contribution < -0.4 is 20.2 Å². The molecule has 0 unspecified atom stereocenters. The third-order valence-corrected chi connectivity index (χ3v) is 3.71. The summed E-state index contributed by atoms with van der Waals surface area (Å²) in [4.78, 5) is 11.0. The van der Waals surface area contributed by atoms with Gasteiger partial charge in [-0.25, -0.2) is 4.79 Å². The quantitative estimate of drug-likeness (QED) is 0.364. The van der Waals surface area contributed by atoms with Crippen LogP contribution in [0.4, 0.5) is 0 Å². The second kappa shape index (κ2) is 10.1. The van der Waals surface area contributed by atoms with Crippen LogP contribution in [-0.4, -0.2) is 36.1 Å². The minimum absolute atomic E-state index is 0.220. The average Bonchev–Trinajstić information content (AvgIpc) is 2.67. The highest BCUT2D eigenvalue weighted by atomic mass is 32.1. The van der Waals surface area contributed by atoms with E-state index in [0.29, 0.717) is 16.6 Å². The highest BCUT2D eigenvalue weighted by Gasteiger charge is 2.07. The number of carboxylic acids is 1. The highest BCUT2D eigenvalue weighted by Crippen LogP contribution is 2.28. The summed E-state index contributed by atoms with van der Waals surface area (Å²) in [5, 5.41) is 16.5. The highest BCUT2D eigenvalue weighted by molar-refractivity contribution is 7.80. The maximum Gasteiger partial charge on any atom is 0.335 e. The number of benzene rings is 2. The molecular formula is C19H21N3O4S. The Bertz CT molecular complexity index is 839. The van der Waals surface area contributed by atoms with E-state index in [1.807, 2.05) is 13.0 Å². The number of hydrogen-bond acceptors (Lipinski definition) is 5. The average molecular weight is 387 g/mol. The lowest BCUT2D eigenvalue weighted by Crippen LogP contribution is -2.31. The summed E-state index contributed by atoms with van der Waals surface area (Å²) in [7, 11) is 1.55. The summed E-state index contributed by atoms with van der Waals surface area (Å²) in [5.74, 6) is 0.120. The monoisotopic (exact) mass is 387 g/mol. The third-order valence-electron chi connectivity index (χ3n) is 3.47. The number of methoxy groups -OCH3 is 1. The zero-order valence-electron chi connectivity index (χ0n) is 15.1. The van der Waals surface area contributed by atoms with Gasteiger partial charge in [0.1, 0.15) is 6.61 Å². The van der Waals surface area contributed by atoms with Gasteiger partial charge in [-0.2, -0.15) is 5.10 Å². The molecule has 3 N–H and O–H groups in total. The summed E-state index contributed by atoms with van der Waals surface area (Å²) in [6.45, 7) is 2.89. The van der Waals surface area contributed by atoms with Crippen molar-refractivity contribution >= 4 is 29.5 Å². The summed E-state index contributed by atoms with van der Waals surface area (Å²) >= 11 is 5.03. The Kier molecular flexibility index (Phi) is 7.57. The maximum atomic E-state index is 11.0. The topological polar surface area (TPSA) is 92.2 Å². The van der Waals surface area contributed by atoms with E-state index in [1.165, 1.54) is 6.07 Å². The number of nitrogens with zero attached hydrogens (tertiary/aromatic N) is 1. The van der Waals surface area contributed by atoms with Gasteiger partial charge in [-0.15, -0.1) is 0 Å². The first-order valence-electron chi connectivity index (χ1n) is 8.23. The molecule has 8 heteroatoms. The van der Waals surface area contributed by atoms with Gasteiger partial charge >= 0.3 is 5.97 Å². The number of ether oxygens (including phenoxy) is 2. The molecule has 0 aromatic heterocycles. The van der Waals surface area contributed by atoms with Crippen LogP contribution in [0, 0.1) is 0 Å². The summed E-state index contributed by atoms with van der Waals surface area (Å²) < 4.78 is 11.1. The van der Waals surface area contributed by atoms with E-state index in [4.69, 9.17) is 26.8 Å². The molecule has 0 aliphatic heterocycles. The lowest BCUT2D eigenvalue weighted by atomic mass is 10.1. The van der Waals surface area contributed by atoms with Crippen LogP contribution >= 0.6 is 12.2 Å². The Labute approximate surface area is 163 Å². The van der Waals surface area contributed by atoms with Gasteiger partial charge in [0.25, 0.3) is 0 Å². The van der Waals surface area contributed by atoms with E-state index in [-0.39, 0.29) is 12.2 Å². The van der Waals surface area contributed by atoms with Crippen LogP contribution in [0.1, 0.15) is 28.4 Å². The molecule has 0 amide bonds. The number of carboxylic acid groups (broad SMARTS) is 1. The minimum Gasteiger partial charge on any atom is -0.493 e. The fourth-order valence-corrected chi connectivity index (χ4v) is 2.40. The molecule has 0 atom stereocenters. The predicted octanol–water partition coefficient (Wildman–Crippen LogP) is 2.79. The first kappa shape index (κ1) is 20.2. The lowest BCUT2D eigenvalue weighted by Gasteiger charge is -2.11. The standard InChI is InChI=1S/C19H21N3O4S/c1-3-20-19(27)22-21-11-13-7-8-16(17(10-13)25-2)26-12-14-5-4-6-15(9-14)18(23)24/h4-11H,3,12H2,1-2H3,(H,23,24)(H2,20,22,27). The fraction of sp³-hybridized carbons (Fsp3) is 0.211. The first-order chi connectivity index (χ1) is 13.0. The Hall–Kier alpha value is -3.13. The van der Waals surface area contributed by atoms with Crippen LogP contribution in [0.5, 0.6) is 11.5 Å². The first-order valence-corrected chi connectivity index (χ1v) is 8.64. The molecule has 2 rings (SSSR count). The van der Waals surface area contributed by atoms with E-state index in [9.17, 15) is 4.79 Å².